The van der Waals surface area contributed by atoms with Gasteiger partial charge in [0.05, 0.1) is 17.1 Å². The number of nitrogens with one attached hydrogen (secondary N) is 2. The zero-order chi connectivity index (χ0) is 25.7. The molecule has 3 aliphatic rings. The van der Waals surface area contributed by atoms with E-state index in [0.717, 1.165) is 29.7 Å². The number of thiophene rings is 1. The van der Waals surface area contributed by atoms with E-state index < -0.39 is 22.0 Å². The zero-order valence-electron chi connectivity index (χ0n) is 20.8. The van der Waals surface area contributed by atoms with E-state index in [1.165, 1.54) is 11.3 Å². The highest BCUT2D eigenvalue weighted by molar-refractivity contribution is 7.91. The van der Waals surface area contributed by atoms with Crippen molar-refractivity contribution in [2.75, 3.05) is 23.4 Å². The van der Waals surface area contributed by atoms with Crippen LogP contribution in [0.25, 0.3) is 0 Å². The van der Waals surface area contributed by atoms with Crippen LogP contribution in [0.15, 0.2) is 24.3 Å². The Hall–Kier alpha value is -2.59. The van der Waals surface area contributed by atoms with Gasteiger partial charge in [0.1, 0.15) is 11.6 Å². The van der Waals surface area contributed by atoms with Crippen molar-refractivity contribution in [1.29, 1.82) is 0 Å². The van der Waals surface area contributed by atoms with Crippen molar-refractivity contribution in [2.45, 2.75) is 58.6 Å². The second kappa shape index (κ2) is 9.37. The zero-order valence-corrected chi connectivity index (χ0v) is 22.4. The van der Waals surface area contributed by atoms with Gasteiger partial charge in [0, 0.05) is 10.9 Å². The van der Waals surface area contributed by atoms with Crippen LogP contribution in [0.5, 0.6) is 11.5 Å². The maximum absolute atomic E-state index is 13.5. The van der Waals surface area contributed by atoms with Gasteiger partial charge in [-0.25, -0.2) is 8.42 Å². The van der Waals surface area contributed by atoms with Crippen molar-refractivity contribution in [3.8, 4) is 11.5 Å². The predicted molar refractivity (Wildman–Crippen MR) is 139 cm³/mol. The highest BCUT2D eigenvalue weighted by atomic mass is 32.2. The van der Waals surface area contributed by atoms with Crippen LogP contribution in [-0.4, -0.2) is 50.5 Å². The lowest BCUT2D eigenvalue weighted by Gasteiger charge is -2.33. The molecule has 194 valence electrons. The van der Waals surface area contributed by atoms with E-state index in [9.17, 15) is 18.0 Å². The Kier molecular flexibility index (Phi) is 6.53. The van der Waals surface area contributed by atoms with E-state index in [2.05, 4.69) is 31.4 Å². The van der Waals surface area contributed by atoms with Crippen LogP contribution >= 0.6 is 11.3 Å². The summed E-state index contributed by atoms with van der Waals surface area (Å²) in [6, 6.07) is 6.77. The first-order valence-corrected chi connectivity index (χ1v) is 15.0. The van der Waals surface area contributed by atoms with E-state index >= 15 is 0 Å². The fourth-order valence-corrected chi connectivity index (χ4v) is 8.16. The quantitative estimate of drug-likeness (QED) is 0.623. The molecule has 2 amide bonds. The number of carbonyl (C=O) groups is 2. The van der Waals surface area contributed by atoms with Crippen molar-refractivity contribution >= 4 is 38.0 Å². The van der Waals surface area contributed by atoms with Gasteiger partial charge in [0.2, 0.25) is 6.10 Å². The molecule has 1 saturated heterocycles. The van der Waals surface area contributed by atoms with E-state index in [0.29, 0.717) is 34.4 Å². The maximum atomic E-state index is 13.5. The van der Waals surface area contributed by atoms with Crippen LogP contribution in [0, 0.1) is 11.3 Å². The van der Waals surface area contributed by atoms with Gasteiger partial charge in [-0.1, -0.05) is 32.9 Å². The van der Waals surface area contributed by atoms with Crippen LogP contribution in [0.2, 0.25) is 0 Å². The first kappa shape index (κ1) is 25.1. The number of carbonyl (C=O) groups excluding carboxylic acids is 2. The van der Waals surface area contributed by atoms with E-state index in [4.69, 9.17) is 9.47 Å². The van der Waals surface area contributed by atoms with Crippen LogP contribution in [0.3, 0.4) is 0 Å². The summed E-state index contributed by atoms with van der Waals surface area (Å²) in [4.78, 5) is 27.8. The molecule has 2 aromatic rings. The molecule has 1 aromatic heterocycles. The van der Waals surface area contributed by atoms with Crippen molar-refractivity contribution in [1.82, 2.24) is 5.32 Å². The van der Waals surface area contributed by atoms with Gasteiger partial charge in [-0.3, -0.25) is 9.59 Å². The Morgan fingerprint density at radius 2 is 1.86 bits per heavy atom. The van der Waals surface area contributed by atoms with Crippen molar-refractivity contribution in [2.24, 2.45) is 11.3 Å². The third kappa shape index (κ3) is 5.11. The molecule has 0 saturated carbocycles. The van der Waals surface area contributed by atoms with Crippen LogP contribution in [0.4, 0.5) is 5.00 Å². The van der Waals surface area contributed by atoms with Crippen molar-refractivity contribution in [3.63, 3.8) is 0 Å². The van der Waals surface area contributed by atoms with Gasteiger partial charge in [-0.05, 0) is 54.7 Å². The highest BCUT2D eigenvalue weighted by Crippen LogP contribution is 2.44. The monoisotopic (exact) mass is 532 g/mol. The summed E-state index contributed by atoms with van der Waals surface area (Å²) in [5.41, 5.74) is 1.55. The molecule has 3 heterocycles. The molecule has 36 heavy (non-hydrogen) atoms. The summed E-state index contributed by atoms with van der Waals surface area (Å²) in [7, 11) is -3.13. The number of benzene rings is 1. The summed E-state index contributed by atoms with van der Waals surface area (Å²) in [5.74, 6) is 0.881. The van der Waals surface area contributed by atoms with Gasteiger partial charge in [-0.15, -0.1) is 11.3 Å². The number of hydrogen-bond donors (Lipinski definition) is 2. The standard InChI is InChI=1S/C26H32N2O6S2/c1-26(2,3)15-8-9-17-21(12-15)35-25(22(17)24(30)27-16-10-11-36(31,32)14-16)28-23(29)20-13-33-18-6-4-5-7-19(18)34-20/h4-7,15-16,20H,8-14H2,1-3H3,(H,27,30)(H,28,29). The number of rotatable bonds is 4. The average Bonchev–Trinajstić information content (AvgIpc) is 3.35. The number of amides is 2. The molecule has 0 spiro atoms. The summed E-state index contributed by atoms with van der Waals surface area (Å²) < 4.78 is 35.4. The van der Waals surface area contributed by atoms with Gasteiger partial charge in [0.25, 0.3) is 11.8 Å². The topological polar surface area (TPSA) is 111 Å². The normalized spacial score (nSPS) is 24.6. The molecule has 0 radical (unpaired) electrons. The minimum Gasteiger partial charge on any atom is -0.485 e. The lowest BCUT2D eigenvalue weighted by atomic mass is 9.72. The largest absolute Gasteiger partial charge is 0.485 e. The first-order valence-electron chi connectivity index (χ1n) is 12.4. The SMILES string of the molecule is CC(C)(C)C1CCc2c(sc(NC(=O)C3COc4ccccc4O3)c2C(=O)NC2CCS(=O)(=O)C2)C1. The second-order valence-corrected chi connectivity index (χ2v) is 14.3. The Morgan fingerprint density at radius 1 is 1.11 bits per heavy atom. The number of hydrogen-bond acceptors (Lipinski definition) is 7. The molecule has 5 rings (SSSR count). The lowest BCUT2D eigenvalue weighted by Crippen LogP contribution is -2.41. The van der Waals surface area contributed by atoms with Crippen molar-refractivity contribution < 1.29 is 27.5 Å². The number of anilines is 1. The number of fused-ring (bicyclic) bond motifs is 2. The number of para-hydroxylation sites is 2. The molecule has 1 fully saturated rings. The predicted octanol–water partition coefficient (Wildman–Crippen LogP) is 3.59. The third-order valence-corrected chi connectivity index (χ3v) is 10.3. The van der Waals surface area contributed by atoms with Crippen molar-refractivity contribution in [3.05, 3.63) is 40.3 Å². The van der Waals surface area contributed by atoms with Gasteiger partial charge in [-0.2, -0.15) is 0 Å². The summed E-state index contributed by atoms with van der Waals surface area (Å²) in [6.45, 7) is 6.75. The minimum absolute atomic E-state index is 0.0501. The summed E-state index contributed by atoms with van der Waals surface area (Å²) >= 11 is 1.44. The smallest absolute Gasteiger partial charge is 0.269 e. The van der Waals surface area contributed by atoms with Crippen LogP contribution in [0.1, 0.15) is 54.4 Å². The van der Waals surface area contributed by atoms with E-state index in [1.807, 2.05) is 12.1 Å². The molecule has 8 nitrogen and oxygen atoms in total. The minimum atomic E-state index is -3.13. The fourth-order valence-electron chi connectivity index (χ4n) is 5.16. The molecule has 0 bridgehead atoms. The summed E-state index contributed by atoms with van der Waals surface area (Å²) in [5, 5.41) is 6.34. The molecular formula is C26H32N2O6S2. The Balaban J connectivity index is 1.40. The molecule has 10 heteroatoms. The van der Waals surface area contributed by atoms with E-state index in [1.54, 1.807) is 12.1 Å². The first-order chi connectivity index (χ1) is 17.0. The van der Waals surface area contributed by atoms with Crippen LogP contribution in [-0.2, 0) is 27.5 Å². The van der Waals surface area contributed by atoms with Gasteiger partial charge in [0.15, 0.2) is 21.3 Å². The molecular weight excluding hydrogens is 500 g/mol. The number of sulfone groups is 1. The van der Waals surface area contributed by atoms with Gasteiger partial charge < -0.3 is 20.1 Å². The third-order valence-electron chi connectivity index (χ3n) is 7.32. The molecule has 3 unspecified atom stereocenters. The molecule has 2 aliphatic heterocycles. The molecule has 1 aliphatic carbocycles. The molecule has 2 N–H and O–H groups in total. The number of ether oxygens (including phenoxy) is 2. The molecule has 3 atom stereocenters. The highest BCUT2D eigenvalue weighted by Gasteiger charge is 2.37. The lowest BCUT2D eigenvalue weighted by molar-refractivity contribution is -0.125. The fraction of sp³-hybridized carbons (Fsp3) is 0.538. The Morgan fingerprint density at radius 3 is 2.56 bits per heavy atom. The second-order valence-electron chi connectivity index (χ2n) is 10.9. The van der Waals surface area contributed by atoms with Crippen LogP contribution < -0.4 is 20.1 Å². The maximum Gasteiger partial charge on any atom is 0.269 e. The molecule has 1 aromatic carbocycles. The van der Waals surface area contributed by atoms with Gasteiger partial charge >= 0.3 is 0 Å². The Bertz CT molecular complexity index is 1290. The Labute approximate surface area is 215 Å². The summed E-state index contributed by atoms with van der Waals surface area (Å²) in [6.07, 6.45) is 2.09. The average molecular weight is 533 g/mol. The van der Waals surface area contributed by atoms with E-state index in [-0.39, 0.29) is 35.3 Å².